The molecule has 0 unspecified atom stereocenters. The van der Waals surface area contributed by atoms with E-state index in [4.69, 9.17) is 0 Å². The molecule has 19 heavy (non-hydrogen) atoms. The minimum absolute atomic E-state index is 0.0637. The Morgan fingerprint density at radius 2 is 2.00 bits per heavy atom. The molecule has 108 valence electrons. The van der Waals surface area contributed by atoms with Gasteiger partial charge < -0.3 is 10.6 Å². The molecule has 0 saturated heterocycles. The molecule has 0 aliphatic heterocycles. The molecular weight excluding hydrogens is 256 g/mol. The van der Waals surface area contributed by atoms with E-state index in [0.29, 0.717) is 6.54 Å². The van der Waals surface area contributed by atoms with Gasteiger partial charge in [0.15, 0.2) is 0 Å². The van der Waals surface area contributed by atoms with Gasteiger partial charge in [0, 0.05) is 22.4 Å². The highest BCUT2D eigenvalue weighted by Crippen LogP contribution is 2.26. The third kappa shape index (κ3) is 5.33. The standard InChI is InChI=1S/C15H26N2OS/c1-6-15(4,5)17-13(18)10-16-11-14(2,3)12-8-7-9-19-12/h7-9,16H,6,10-11H2,1-5H3,(H,17,18). The second-order valence-corrected chi connectivity index (χ2v) is 7.20. The highest BCUT2D eigenvalue weighted by atomic mass is 32.1. The van der Waals surface area contributed by atoms with E-state index in [1.54, 1.807) is 11.3 Å². The molecule has 1 aromatic rings. The minimum Gasteiger partial charge on any atom is -0.350 e. The number of hydrogen-bond acceptors (Lipinski definition) is 3. The van der Waals surface area contributed by atoms with Gasteiger partial charge in [-0.05, 0) is 31.7 Å². The summed E-state index contributed by atoms with van der Waals surface area (Å²) in [6.45, 7) is 11.7. The zero-order chi connectivity index (χ0) is 14.5. The number of carbonyl (C=O) groups is 1. The Bertz CT molecular complexity index is 396. The molecule has 0 aromatic carbocycles. The van der Waals surface area contributed by atoms with Crippen molar-refractivity contribution in [2.24, 2.45) is 0 Å². The highest BCUT2D eigenvalue weighted by Gasteiger charge is 2.22. The molecule has 0 atom stereocenters. The monoisotopic (exact) mass is 282 g/mol. The average molecular weight is 282 g/mol. The van der Waals surface area contributed by atoms with Crippen molar-refractivity contribution < 1.29 is 4.79 Å². The fraction of sp³-hybridized carbons (Fsp3) is 0.667. The Morgan fingerprint density at radius 3 is 2.53 bits per heavy atom. The van der Waals surface area contributed by atoms with Gasteiger partial charge in [0.2, 0.25) is 5.91 Å². The van der Waals surface area contributed by atoms with Gasteiger partial charge in [-0.25, -0.2) is 0 Å². The zero-order valence-corrected chi connectivity index (χ0v) is 13.5. The Balaban J connectivity index is 2.36. The van der Waals surface area contributed by atoms with Crippen LogP contribution in [0.2, 0.25) is 0 Å². The first kappa shape index (κ1) is 16.2. The molecule has 0 aliphatic carbocycles. The summed E-state index contributed by atoms with van der Waals surface area (Å²) in [5.41, 5.74) is -0.0588. The Morgan fingerprint density at radius 1 is 1.32 bits per heavy atom. The third-order valence-corrected chi connectivity index (χ3v) is 4.64. The van der Waals surface area contributed by atoms with E-state index in [-0.39, 0.29) is 16.9 Å². The van der Waals surface area contributed by atoms with Crippen LogP contribution in [0.1, 0.15) is 45.9 Å². The number of carbonyl (C=O) groups excluding carboxylic acids is 1. The van der Waals surface area contributed by atoms with E-state index < -0.39 is 0 Å². The van der Waals surface area contributed by atoms with Gasteiger partial charge in [0.25, 0.3) is 0 Å². The predicted octanol–water partition coefficient (Wildman–Crippen LogP) is 2.92. The van der Waals surface area contributed by atoms with Crippen LogP contribution in [0.5, 0.6) is 0 Å². The van der Waals surface area contributed by atoms with E-state index in [9.17, 15) is 4.79 Å². The first-order valence-electron chi connectivity index (χ1n) is 6.82. The van der Waals surface area contributed by atoms with Gasteiger partial charge in [-0.1, -0.05) is 26.8 Å². The molecule has 0 spiro atoms. The molecule has 1 heterocycles. The summed E-state index contributed by atoms with van der Waals surface area (Å²) in [6.07, 6.45) is 0.930. The van der Waals surface area contributed by atoms with Crippen molar-refractivity contribution in [2.75, 3.05) is 13.1 Å². The van der Waals surface area contributed by atoms with Gasteiger partial charge in [0.1, 0.15) is 0 Å². The first-order valence-corrected chi connectivity index (χ1v) is 7.70. The number of amides is 1. The Labute approximate surface area is 120 Å². The number of nitrogens with one attached hydrogen (secondary N) is 2. The van der Waals surface area contributed by atoms with Crippen molar-refractivity contribution in [2.45, 2.75) is 52.0 Å². The lowest BCUT2D eigenvalue weighted by atomic mass is 9.91. The van der Waals surface area contributed by atoms with E-state index in [0.717, 1.165) is 13.0 Å². The molecule has 0 radical (unpaired) electrons. The summed E-state index contributed by atoms with van der Waals surface area (Å²) >= 11 is 1.76. The fourth-order valence-electron chi connectivity index (χ4n) is 1.75. The van der Waals surface area contributed by atoms with Crippen LogP contribution in [0, 0.1) is 0 Å². The lowest BCUT2D eigenvalue weighted by Crippen LogP contribution is -2.47. The molecule has 0 fully saturated rings. The molecule has 1 amide bonds. The van der Waals surface area contributed by atoms with Crippen LogP contribution in [0.4, 0.5) is 0 Å². The van der Waals surface area contributed by atoms with E-state index in [2.05, 4.69) is 48.9 Å². The maximum atomic E-state index is 11.8. The lowest BCUT2D eigenvalue weighted by Gasteiger charge is -2.26. The Hall–Kier alpha value is -0.870. The SMILES string of the molecule is CCC(C)(C)NC(=O)CNCC(C)(C)c1cccs1. The van der Waals surface area contributed by atoms with E-state index >= 15 is 0 Å². The number of rotatable bonds is 7. The molecule has 2 N–H and O–H groups in total. The van der Waals surface area contributed by atoms with Crippen LogP contribution in [-0.4, -0.2) is 24.5 Å². The predicted molar refractivity (Wildman–Crippen MR) is 82.7 cm³/mol. The summed E-state index contributed by atoms with van der Waals surface area (Å²) in [4.78, 5) is 13.2. The van der Waals surface area contributed by atoms with Gasteiger partial charge in [-0.2, -0.15) is 0 Å². The van der Waals surface area contributed by atoms with Crippen molar-refractivity contribution >= 4 is 17.2 Å². The summed E-state index contributed by atoms with van der Waals surface area (Å²) < 4.78 is 0. The van der Waals surface area contributed by atoms with Gasteiger partial charge >= 0.3 is 0 Å². The van der Waals surface area contributed by atoms with Gasteiger partial charge in [0.05, 0.1) is 6.54 Å². The summed E-state index contributed by atoms with van der Waals surface area (Å²) in [5.74, 6) is 0.0637. The first-order chi connectivity index (χ1) is 8.77. The van der Waals surface area contributed by atoms with Crippen LogP contribution in [0.3, 0.4) is 0 Å². The maximum absolute atomic E-state index is 11.8. The molecule has 4 heteroatoms. The van der Waals surface area contributed by atoms with E-state index in [1.807, 2.05) is 13.8 Å². The smallest absolute Gasteiger partial charge is 0.234 e. The van der Waals surface area contributed by atoms with Crippen molar-refractivity contribution in [3.63, 3.8) is 0 Å². The minimum atomic E-state index is -0.123. The highest BCUT2D eigenvalue weighted by molar-refractivity contribution is 7.10. The topological polar surface area (TPSA) is 41.1 Å². The van der Waals surface area contributed by atoms with Crippen LogP contribution >= 0.6 is 11.3 Å². The van der Waals surface area contributed by atoms with Crippen LogP contribution in [0.25, 0.3) is 0 Å². The third-order valence-electron chi connectivity index (χ3n) is 3.40. The summed E-state index contributed by atoms with van der Waals surface area (Å²) in [7, 11) is 0. The van der Waals surface area contributed by atoms with Crippen molar-refractivity contribution in [3.8, 4) is 0 Å². The molecule has 0 saturated carbocycles. The van der Waals surface area contributed by atoms with Crippen molar-refractivity contribution in [1.29, 1.82) is 0 Å². The fourth-order valence-corrected chi connectivity index (χ4v) is 2.60. The van der Waals surface area contributed by atoms with Gasteiger partial charge in [-0.3, -0.25) is 4.79 Å². The van der Waals surface area contributed by atoms with Crippen molar-refractivity contribution in [1.82, 2.24) is 10.6 Å². The van der Waals surface area contributed by atoms with Crippen LogP contribution < -0.4 is 10.6 Å². The quantitative estimate of drug-likeness (QED) is 0.807. The lowest BCUT2D eigenvalue weighted by molar-refractivity contribution is -0.121. The molecule has 3 nitrogen and oxygen atoms in total. The summed E-state index contributed by atoms with van der Waals surface area (Å²) in [5, 5.41) is 8.37. The van der Waals surface area contributed by atoms with Crippen LogP contribution in [0.15, 0.2) is 17.5 Å². The van der Waals surface area contributed by atoms with Gasteiger partial charge in [-0.15, -0.1) is 11.3 Å². The molecule has 1 aromatic heterocycles. The molecular formula is C15H26N2OS. The zero-order valence-electron chi connectivity index (χ0n) is 12.7. The molecule has 1 rings (SSSR count). The molecule has 0 bridgehead atoms. The summed E-state index contributed by atoms with van der Waals surface area (Å²) in [6, 6.07) is 4.21. The second kappa shape index (κ2) is 6.53. The van der Waals surface area contributed by atoms with Crippen molar-refractivity contribution in [3.05, 3.63) is 22.4 Å². The second-order valence-electron chi connectivity index (χ2n) is 6.25. The maximum Gasteiger partial charge on any atom is 0.234 e. The largest absolute Gasteiger partial charge is 0.350 e. The average Bonchev–Trinajstić information content (AvgIpc) is 2.82. The number of thiophene rings is 1. The Kier molecular flexibility index (Phi) is 5.56. The normalized spacial score (nSPS) is 12.5. The van der Waals surface area contributed by atoms with Crippen LogP contribution in [-0.2, 0) is 10.2 Å². The van der Waals surface area contributed by atoms with E-state index in [1.165, 1.54) is 4.88 Å². The number of hydrogen-bond donors (Lipinski definition) is 2. The molecule has 0 aliphatic rings.